The molecule has 0 aromatic heterocycles. The maximum atomic E-state index is 13.8. The minimum absolute atomic E-state index is 0.0569. The van der Waals surface area contributed by atoms with E-state index < -0.39 is 6.04 Å². The summed E-state index contributed by atoms with van der Waals surface area (Å²) in [6.45, 7) is 6.18. The van der Waals surface area contributed by atoms with Crippen molar-refractivity contribution < 1.29 is 14.0 Å². The van der Waals surface area contributed by atoms with Gasteiger partial charge in [-0.15, -0.1) is 11.8 Å². The van der Waals surface area contributed by atoms with Gasteiger partial charge in [0.05, 0.1) is 5.75 Å². The van der Waals surface area contributed by atoms with Crippen LogP contribution in [-0.4, -0.2) is 41.1 Å². The maximum Gasteiger partial charge on any atom is 0.242 e. The first kappa shape index (κ1) is 23.9. The van der Waals surface area contributed by atoms with Gasteiger partial charge < -0.3 is 10.2 Å². The number of amides is 2. The topological polar surface area (TPSA) is 49.4 Å². The number of carbonyl (C=O) groups is 2. The molecule has 0 saturated carbocycles. The van der Waals surface area contributed by atoms with Crippen molar-refractivity contribution in [1.82, 2.24) is 10.2 Å². The molecule has 6 heteroatoms. The number of halogens is 1. The van der Waals surface area contributed by atoms with Gasteiger partial charge >= 0.3 is 0 Å². The van der Waals surface area contributed by atoms with Gasteiger partial charge in [-0.25, -0.2) is 4.39 Å². The first-order valence-electron chi connectivity index (χ1n) is 10.4. The predicted molar refractivity (Wildman–Crippen MR) is 122 cm³/mol. The van der Waals surface area contributed by atoms with Crippen molar-refractivity contribution >= 4 is 23.6 Å². The molecule has 2 amide bonds. The van der Waals surface area contributed by atoms with Crippen molar-refractivity contribution in [2.75, 3.05) is 12.3 Å². The molecule has 30 heavy (non-hydrogen) atoms. The van der Waals surface area contributed by atoms with E-state index >= 15 is 0 Å². The van der Waals surface area contributed by atoms with E-state index in [9.17, 15) is 14.0 Å². The van der Waals surface area contributed by atoms with Crippen LogP contribution in [0.2, 0.25) is 0 Å². The van der Waals surface area contributed by atoms with E-state index in [0.717, 1.165) is 12.0 Å². The Bertz CT molecular complexity index is 816. The highest BCUT2D eigenvalue weighted by Gasteiger charge is 2.26. The van der Waals surface area contributed by atoms with Gasteiger partial charge in [0.25, 0.3) is 0 Å². The van der Waals surface area contributed by atoms with Crippen LogP contribution >= 0.6 is 11.8 Å². The third kappa shape index (κ3) is 7.48. The lowest BCUT2D eigenvalue weighted by atomic mass is 10.1. The van der Waals surface area contributed by atoms with Crippen LogP contribution in [0.1, 0.15) is 38.3 Å². The second-order valence-electron chi connectivity index (χ2n) is 7.40. The smallest absolute Gasteiger partial charge is 0.242 e. The first-order chi connectivity index (χ1) is 14.4. The van der Waals surface area contributed by atoms with Crippen LogP contribution in [0.15, 0.2) is 54.6 Å². The van der Waals surface area contributed by atoms with E-state index in [1.165, 1.54) is 17.8 Å². The summed E-state index contributed by atoms with van der Waals surface area (Å²) in [5.41, 5.74) is 1.69. The van der Waals surface area contributed by atoms with Gasteiger partial charge in [-0.2, -0.15) is 0 Å². The van der Waals surface area contributed by atoms with Crippen LogP contribution < -0.4 is 5.32 Å². The van der Waals surface area contributed by atoms with Gasteiger partial charge in [0, 0.05) is 18.3 Å². The van der Waals surface area contributed by atoms with Gasteiger partial charge in [0.2, 0.25) is 11.8 Å². The Hall–Kier alpha value is -2.34. The number of nitrogens with one attached hydrogen (secondary N) is 1. The van der Waals surface area contributed by atoms with Gasteiger partial charge in [-0.3, -0.25) is 9.59 Å². The molecular weight excluding hydrogens is 399 g/mol. The summed E-state index contributed by atoms with van der Waals surface area (Å²) in [6.07, 6.45) is 1.50. The van der Waals surface area contributed by atoms with Gasteiger partial charge in [-0.1, -0.05) is 55.5 Å². The minimum atomic E-state index is -0.565. The number of rotatable bonds is 11. The predicted octanol–water partition coefficient (Wildman–Crippen LogP) is 4.43. The minimum Gasteiger partial charge on any atom is -0.352 e. The summed E-state index contributed by atoms with van der Waals surface area (Å²) in [7, 11) is 0. The fraction of sp³-hybridized carbons (Fsp3) is 0.417. The molecule has 0 aliphatic carbocycles. The summed E-state index contributed by atoms with van der Waals surface area (Å²) in [5, 5.41) is 2.96. The zero-order chi connectivity index (χ0) is 21.9. The van der Waals surface area contributed by atoms with Crippen LogP contribution in [0.4, 0.5) is 4.39 Å². The Morgan fingerprint density at radius 1 is 1.07 bits per heavy atom. The van der Waals surface area contributed by atoms with Crippen LogP contribution in [-0.2, 0) is 21.8 Å². The SMILES string of the molecule is CC[C@H](C)NC(=O)[C@H](C)N(CCc1ccccc1)C(=O)CSCc1ccccc1F. The van der Waals surface area contributed by atoms with Gasteiger partial charge in [-0.05, 0) is 43.9 Å². The molecule has 162 valence electrons. The van der Waals surface area contributed by atoms with Crippen LogP contribution in [0.3, 0.4) is 0 Å². The molecule has 0 radical (unpaired) electrons. The van der Waals surface area contributed by atoms with E-state index in [1.54, 1.807) is 30.0 Å². The molecule has 2 atom stereocenters. The van der Waals surface area contributed by atoms with Crippen LogP contribution in [0.5, 0.6) is 0 Å². The highest BCUT2D eigenvalue weighted by Crippen LogP contribution is 2.17. The number of carbonyl (C=O) groups excluding carboxylic acids is 2. The molecule has 2 aromatic carbocycles. The summed E-state index contributed by atoms with van der Waals surface area (Å²) < 4.78 is 13.8. The molecule has 0 heterocycles. The fourth-order valence-corrected chi connectivity index (χ4v) is 3.88. The molecular formula is C24H31FN2O2S. The molecule has 2 rings (SSSR count). The van der Waals surface area contributed by atoms with Gasteiger partial charge in [0.15, 0.2) is 0 Å². The molecule has 0 aliphatic rings. The van der Waals surface area contributed by atoms with Crippen LogP contribution in [0.25, 0.3) is 0 Å². The molecule has 0 bridgehead atoms. The number of thioether (sulfide) groups is 1. The normalized spacial score (nSPS) is 12.8. The van der Waals surface area contributed by atoms with Crippen molar-refractivity contribution in [3.05, 3.63) is 71.5 Å². The average molecular weight is 431 g/mol. The van der Waals surface area contributed by atoms with E-state index in [-0.39, 0.29) is 29.4 Å². The Kier molecular flexibility index (Phi) is 9.87. The van der Waals surface area contributed by atoms with Crippen molar-refractivity contribution in [2.45, 2.75) is 51.4 Å². The summed E-state index contributed by atoms with van der Waals surface area (Å²) in [4.78, 5) is 27.3. The Labute approximate surface area is 183 Å². The average Bonchev–Trinajstić information content (AvgIpc) is 2.75. The van der Waals surface area contributed by atoms with E-state index in [1.807, 2.05) is 44.2 Å². The number of hydrogen-bond donors (Lipinski definition) is 1. The van der Waals surface area contributed by atoms with E-state index in [2.05, 4.69) is 5.32 Å². The maximum absolute atomic E-state index is 13.8. The number of benzene rings is 2. The summed E-state index contributed by atoms with van der Waals surface area (Å²) >= 11 is 1.36. The fourth-order valence-electron chi connectivity index (χ4n) is 2.98. The van der Waals surface area contributed by atoms with Crippen LogP contribution in [0, 0.1) is 5.82 Å². The lowest BCUT2D eigenvalue weighted by Crippen LogP contribution is -2.51. The molecule has 0 spiro atoms. The first-order valence-corrected chi connectivity index (χ1v) is 11.5. The summed E-state index contributed by atoms with van der Waals surface area (Å²) in [5.74, 6) is 0.0891. The quantitative estimate of drug-likeness (QED) is 0.574. The van der Waals surface area contributed by atoms with Crippen molar-refractivity contribution in [1.29, 1.82) is 0 Å². The lowest BCUT2D eigenvalue weighted by molar-refractivity contribution is -0.138. The molecule has 1 N–H and O–H groups in total. The standard InChI is InChI=1S/C24H31FN2O2S/c1-4-18(2)26-24(29)19(3)27(15-14-20-10-6-5-7-11-20)23(28)17-30-16-21-12-8-9-13-22(21)25/h5-13,18-19H,4,14-17H2,1-3H3,(H,26,29)/t18-,19-/m0/s1. The zero-order valence-electron chi connectivity index (χ0n) is 17.9. The lowest BCUT2D eigenvalue weighted by Gasteiger charge is -2.29. The summed E-state index contributed by atoms with van der Waals surface area (Å²) in [6, 6.07) is 16.0. The molecule has 0 unspecified atom stereocenters. The molecule has 0 saturated heterocycles. The van der Waals surface area contributed by atoms with E-state index in [4.69, 9.17) is 0 Å². The Morgan fingerprint density at radius 2 is 1.73 bits per heavy atom. The molecule has 4 nitrogen and oxygen atoms in total. The second-order valence-corrected chi connectivity index (χ2v) is 8.39. The molecule has 0 fully saturated rings. The largest absolute Gasteiger partial charge is 0.352 e. The Morgan fingerprint density at radius 3 is 2.40 bits per heavy atom. The second kappa shape index (κ2) is 12.4. The Balaban J connectivity index is 2.01. The highest BCUT2D eigenvalue weighted by atomic mass is 32.2. The zero-order valence-corrected chi connectivity index (χ0v) is 18.8. The molecule has 2 aromatic rings. The van der Waals surface area contributed by atoms with Gasteiger partial charge in [0.1, 0.15) is 11.9 Å². The number of hydrogen-bond acceptors (Lipinski definition) is 3. The third-order valence-corrected chi connectivity index (χ3v) is 6.06. The van der Waals surface area contributed by atoms with Crippen molar-refractivity contribution in [3.8, 4) is 0 Å². The van der Waals surface area contributed by atoms with E-state index in [0.29, 0.717) is 24.3 Å². The highest BCUT2D eigenvalue weighted by molar-refractivity contribution is 7.99. The molecule has 0 aliphatic heterocycles. The monoisotopic (exact) mass is 430 g/mol. The third-order valence-electron chi connectivity index (χ3n) is 5.09. The number of nitrogens with zero attached hydrogens (tertiary/aromatic N) is 1. The van der Waals surface area contributed by atoms with Crippen molar-refractivity contribution in [3.63, 3.8) is 0 Å². The van der Waals surface area contributed by atoms with Crippen molar-refractivity contribution in [2.24, 2.45) is 0 Å².